The summed E-state index contributed by atoms with van der Waals surface area (Å²) in [4.78, 5) is 38.2. The van der Waals surface area contributed by atoms with Gasteiger partial charge in [-0.05, 0) is 103 Å². The third-order valence-corrected chi connectivity index (χ3v) is 12.3. The predicted molar refractivity (Wildman–Crippen MR) is 302 cm³/mol. The molecule has 0 radical (unpaired) electrons. The highest BCUT2D eigenvalue weighted by Gasteiger charge is 2.19. The molecule has 0 aliphatic carbocycles. The van der Waals surface area contributed by atoms with E-state index in [2.05, 4.69) is 112 Å². The van der Waals surface area contributed by atoms with Gasteiger partial charge in [0.2, 0.25) is 0 Å². The third-order valence-electron chi connectivity index (χ3n) is 12.3. The molecule has 0 aromatic heterocycles. The Labute approximate surface area is 432 Å². The second-order valence-electron chi connectivity index (χ2n) is 19.2. The van der Waals surface area contributed by atoms with Gasteiger partial charge in [-0.25, -0.2) is 0 Å². The van der Waals surface area contributed by atoms with Gasteiger partial charge in [-0.1, -0.05) is 246 Å². The van der Waals surface area contributed by atoms with Crippen LogP contribution in [0.3, 0.4) is 0 Å². The van der Waals surface area contributed by atoms with E-state index in [1.165, 1.54) is 154 Å². The number of rotatable bonds is 52. The van der Waals surface area contributed by atoms with E-state index in [4.69, 9.17) is 14.2 Å². The topological polar surface area (TPSA) is 78.9 Å². The maximum absolute atomic E-state index is 12.9. The van der Waals surface area contributed by atoms with Crippen LogP contribution in [-0.4, -0.2) is 37.2 Å². The van der Waals surface area contributed by atoms with Crippen molar-refractivity contribution < 1.29 is 28.6 Å². The van der Waals surface area contributed by atoms with Gasteiger partial charge >= 0.3 is 17.9 Å². The van der Waals surface area contributed by atoms with Crippen LogP contribution in [0.5, 0.6) is 0 Å². The van der Waals surface area contributed by atoms with Crippen molar-refractivity contribution in [2.75, 3.05) is 13.2 Å². The van der Waals surface area contributed by atoms with E-state index < -0.39 is 6.10 Å². The van der Waals surface area contributed by atoms with E-state index in [-0.39, 0.29) is 37.5 Å². The zero-order valence-electron chi connectivity index (χ0n) is 45.8. The Hall–Kier alpha value is -3.67. The van der Waals surface area contributed by atoms with Crippen LogP contribution in [0.25, 0.3) is 0 Å². The molecule has 0 fully saturated rings. The lowest BCUT2D eigenvalue weighted by atomic mass is 10.1. The van der Waals surface area contributed by atoms with Gasteiger partial charge < -0.3 is 14.2 Å². The van der Waals surface area contributed by atoms with Crippen LogP contribution in [0, 0.1) is 0 Å². The number of carbonyl (C=O) groups excluding carboxylic acids is 3. The fourth-order valence-corrected chi connectivity index (χ4v) is 7.95. The van der Waals surface area contributed by atoms with E-state index in [9.17, 15) is 14.4 Å². The normalized spacial score (nSPS) is 12.8. The van der Waals surface area contributed by atoms with Gasteiger partial charge in [0.1, 0.15) is 13.2 Å². The molecule has 0 bridgehead atoms. The van der Waals surface area contributed by atoms with Gasteiger partial charge in [0.25, 0.3) is 0 Å². The van der Waals surface area contributed by atoms with Crippen molar-refractivity contribution in [3.63, 3.8) is 0 Å². The number of hydrogen-bond donors (Lipinski definition) is 0. The summed E-state index contributed by atoms with van der Waals surface area (Å²) < 4.78 is 16.8. The fourth-order valence-electron chi connectivity index (χ4n) is 7.95. The Balaban J connectivity index is 4.47. The smallest absolute Gasteiger partial charge is 0.306 e. The third kappa shape index (κ3) is 55.3. The van der Waals surface area contributed by atoms with E-state index in [0.29, 0.717) is 19.3 Å². The van der Waals surface area contributed by atoms with Gasteiger partial charge in [0.15, 0.2) is 6.10 Å². The monoisotopic (exact) mass is 973 g/mol. The zero-order chi connectivity index (χ0) is 50.7. The van der Waals surface area contributed by atoms with Crippen LogP contribution in [0.15, 0.2) is 97.2 Å². The van der Waals surface area contributed by atoms with Crippen LogP contribution < -0.4 is 0 Å². The molecule has 6 nitrogen and oxygen atoms in total. The summed E-state index contributed by atoms with van der Waals surface area (Å²) in [6.45, 7) is 6.44. The molecule has 70 heavy (non-hydrogen) atoms. The van der Waals surface area contributed by atoms with Crippen molar-refractivity contribution in [1.29, 1.82) is 0 Å². The van der Waals surface area contributed by atoms with Crippen molar-refractivity contribution in [2.24, 2.45) is 0 Å². The molecule has 0 saturated heterocycles. The molecule has 0 aromatic carbocycles. The quantitative estimate of drug-likeness (QED) is 0.0199. The Kier molecular flexibility index (Phi) is 54.9. The van der Waals surface area contributed by atoms with E-state index in [0.717, 1.165) is 70.6 Å². The molecule has 1 unspecified atom stereocenters. The maximum Gasteiger partial charge on any atom is 0.306 e. The number of esters is 3. The van der Waals surface area contributed by atoms with E-state index >= 15 is 0 Å². The largest absolute Gasteiger partial charge is 0.462 e. The second-order valence-corrected chi connectivity index (χ2v) is 19.2. The van der Waals surface area contributed by atoms with Crippen molar-refractivity contribution in [1.82, 2.24) is 0 Å². The maximum atomic E-state index is 12.9. The molecule has 0 rings (SSSR count). The molecule has 0 saturated carbocycles. The summed E-state index contributed by atoms with van der Waals surface area (Å²) >= 11 is 0. The molecule has 0 N–H and O–H groups in total. The summed E-state index contributed by atoms with van der Waals surface area (Å²) in [5.74, 6) is -0.994. The van der Waals surface area contributed by atoms with Crippen molar-refractivity contribution >= 4 is 17.9 Å². The van der Waals surface area contributed by atoms with Crippen LogP contribution in [0.2, 0.25) is 0 Å². The first-order valence-corrected chi connectivity index (χ1v) is 29.3. The number of carbonyl (C=O) groups is 3. The van der Waals surface area contributed by atoms with Gasteiger partial charge in [-0.3, -0.25) is 14.4 Å². The lowest BCUT2D eigenvalue weighted by Crippen LogP contribution is -2.30. The summed E-state index contributed by atoms with van der Waals surface area (Å²) in [6, 6.07) is 0. The minimum atomic E-state index is -0.812. The van der Waals surface area contributed by atoms with Crippen molar-refractivity contribution in [3.8, 4) is 0 Å². The first-order valence-electron chi connectivity index (χ1n) is 29.3. The Morgan fingerprint density at radius 1 is 0.314 bits per heavy atom. The number of unbranched alkanes of at least 4 members (excludes halogenated alkanes) is 26. The predicted octanol–water partition coefficient (Wildman–Crippen LogP) is 19.7. The highest BCUT2D eigenvalue weighted by atomic mass is 16.6. The lowest BCUT2D eigenvalue weighted by molar-refractivity contribution is -0.166. The molecule has 0 aliphatic rings. The van der Waals surface area contributed by atoms with Crippen LogP contribution >= 0.6 is 0 Å². The molecule has 0 amide bonds. The van der Waals surface area contributed by atoms with Gasteiger partial charge in [0, 0.05) is 19.3 Å². The molecule has 400 valence electrons. The van der Waals surface area contributed by atoms with Crippen LogP contribution in [0.4, 0.5) is 0 Å². The zero-order valence-corrected chi connectivity index (χ0v) is 45.8. The molecular weight excluding hydrogens is 865 g/mol. The first kappa shape index (κ1) is 66.3. The van der Waals surface area contributed by atoms with Gasteiger partial charge in [-0.15, -0.1) is 0 Å². The SMILES string of the molecule is CC/C=C\C/C=C\C/C=C\C/C=C\C/C=C\CCC(=O)OCC(COC(=O)CCCCCCCCCCCC/C=C\C=C/CCCCC)OC(=O)CCCCCCCCC/C=C\CCCCCCCC. The summed E-state index contributed by atoms with van der Waals surface area (Å²) in [6.07, 6.45) is 76.9. The first-order chi connectivity index (χ1) is 34.5. The Bertz CT molecular complexity index is 1400. The molecule has 0 heterocycles. The molecule has 1 atom stereocenters. The van der Waals surface area contributed by atoms with Crippen LogP contribution in [0.1, 0.15) is 271 Å². The van der Waals surface area contributed by atoms with Gasteiger partial charge in [-0.2, -0.15) is 0 Å². The average molecular weight is 974 g/mol. The fraction of sp³-hybridized carbons (Fsp3) is 0.703. The molecule has 0 aliphatic heterocycles. The summed E-state index contributed by atoms with van der Waals surface area (Å²) in [5, 5.41) is 0. The summed E-state index contributed by atoms with van der Waals surface area (Å²) in [5.41, 5.74) is 0. The highest BCUT2D eigenvalue weighted by Crippen LogP contribution is 2.15. The lowest BCUT2D eigenvalue weighted by Gasteiger charge is -2.18. The highest BCUT2D eigenvalue weighted by molar-refractivity contribution is 5.71. The summed E-state index contributed by atoms with van der Waals surface area (Å²) in [7, 11) is 0. The molecular formula is C64H108O6. The second kappa shape index (κ2) is 57.9. The van der Waals surface area contributed by atoms with E-state index in [1.807, 2.05) is 6.08 Å². The van der Waals surface area contributed by atoms with E-state index in [1.54, 1.807) is 0 Å². The number of allylic oxidation sites excluding steroid dienone is 16. The minimum Gasteiger partial charge on any atom is -0.462 e. The van der Waals surface area contributed by atoms with Crippen molar-refractivity contribution in [3.05, 3.63) is 97.2 Å². The van der Waals surface area contributed by atoms with Gasteiger partial charge in [0.05, 0.1) is 0 Å². The number of ether oxygens (including phenoxy) is 3. The Morgan fingerprint density at radius 3 is 1.07 bits per heavy atom. The minimum absolute atomic E-state index is 0.104. The molecule has 0 spiro atoms. The average Bonchev–Trinajstić information content (AvgIpc) is 3.36. The molecule has 0 aromatic rings. The number of hydrogen-bond acceptors (Lipinski definition) is 6. The van der Waals surface area contributed by atoms with Crippen LogP contribution in [-0.2, 0) is 28.6 Å². The standard InChI is InChI=1S/C64H108O6/c1-4-7-10-13-16-19-22-25-28-31-32-34-36-39-42-45-48-51-54-57-63(66)69-60-61(59-68-62(65)56-53-50-47-44-41-38-35-30-27-24-21-18-15-12-9-6-3)70-64(67)58-55-52-49-46-43-40-37-33-29-26-23-20-17-14-11-8-5-2/h9,12,16,18-19,21-22,25-27,29-30,38,41,47,50,61H,4-8,10-11,13-15,17,20,23-24,28,31-37,39-40,42-46,48-49,51-60H2,1-3H3/b12-9-,19-16-,21-18-,25-22-,29-26-,30-27-,41-38-,50-47-. The molecule has 6 heteroatoms. The Morgan fingerprint density at radius 2 is 0.629 bits per heavy atom. The van der Waals surface area contributed by atoms with Crippen molar-refractivity contribution in [2.45, 2.75) is 277 Å².